The molecule has 0 saturated carbocycles. The number of azo groups is 1. The Kier molecular flexibility index (Phi) is 6.02. The fraction of sp³-hybridized carbons (Fsp3) is 0.167. The van der Waals surface area contributed by atoms with Crippen LogP contribution in [0.3, 0.4) is 0 Å². The van der Waals surface area contributed by atoms with Gasteiger partial charge in [0.2, 0.25) is 21.0 Å². The van der Waals surface area contributed by atoms with E-state index in [1.807, 2.05) is 0 Å². The van der Waals surface area contributed by atoms with E-state index >= 15 is 0 Å². The molecular formula is C18H16F3N5O3S2. The van der Waals surface area contributed by atoms with Gasteiger partial charge in [-0.1, -0.05) is 12.1 Å². The van der Waals surface area contributed by atoms with Crippen LogP contribution in [0.4, 0.5) is 24.5 Å². The van der Waals surface area contributed by atoms with Crippen LogP contribution < -0.4 is 10.5 Å². The molecule has 0 saturated heterocycles. The van der Waals surface area contributed by atoms with Crippen LogP contribution >= 0.6 is 12.2 Å². The van der Waals surface area contributed by atoms with E-state index in [1.54, 1.807) is 6.92 Å². The first-order valence-corrected chi connectivity index (χ1v) is 10.7. The molecular weight excluding hydrogens is 455 g/mol. The first-order chi connectivity index (χ1) is 14.4. The summed E-state index contributed by atoms with van der Waals surface area (Å²) in [5.74, 6) is -0.474. The predicted molar refractivity (Wildman–Crippen MR) is 113 cm³/mol. The number of nitrogens with one attached hydrogen (secondary N) is 1. The number of alkyl halides is 3. The Balaban J connectivity index is 1.93. The summed E-state index contributed by atoms with van der Waals surface area (Å²) in [5, 5.41) is 25.6. The largest absolute Gasteiger partial charge is 0.493 e. The quantitative estimate of drug-likeness (QED) is 0.382. The van der Waals surface area contributed by atoms with Gasteiger partial charge in [0.25, 0.3) is 0 Å². The zero-order valence-corrected chi connectivity index (χ0v) is 17.5. The van der Waals surface area contributed by atoms with Crippen molar-refractivity contribution in [2.45, 2.75) is 24.5 Å². The average molecular weight is 471 g/mol. The highest BCUT2D eigenvalue weighted by molar-refractivity contribution is 7.89. The van der Waals surface area contributed by atoms with Crippen molar-refractivity contribution in [2.24, 2.45) is 15.4 Å². The predicted octanol–water partition coefficient (Wildman–Crippen LogP) is 4.51. The van der Waals surface area contributed by atoms with Gasteiger partial charge >= 0.3 is 6.18 Å². The highest BCUT2D eigenvalue weighted by Crippen LogP contribution is 2.44. The number of aromatic hydroxyl groups is 1. The van der Waals surface area contributed by atoms with Gasteiger partial charge in [0.05, 0.1) is 16.0 Å². The molecule has 3 rings (SSSR count). The molecule has 0 aliphatic heterocycles. The molecule has 0 aliphatic carbocycles. The monoisotopic (exact) mass is 471 g/mol. The van der Waals surface area contributed by atoms with E-state index in [0.29, 0.717) is 5.69 Å². The number of nitrogens with zero attached hydrogens (tertiary/aromatic N) is 3. The number of hydrogen-bond donors (Lipinski definition) is 3. The summed E-state index contributed by atoms with van der Waals surface area (Å²) in [6.45, 7) is 1.66. The van der Waals surface area contributed by atoms with Crippen LogP contribution in [0.2, 0.25) is 0 Å². The maximum absolute atomic E-state index is 13.4. The molecule has 0 aliphatic rings. The number of para-hydroxylation sites is 1. The lowest BCUT2D eigenvalue weighted by molar-refractivity contribution is -0.136. The normalized spacial score (nSPS) is 12.5. The standard InChI is InChI=1S/C18H16F3N5O3S2/c1-2-26-15-12(4-3-5-13(15)18(19,20)21)14(16(26)27)24-25-17(30)23-10-6-8-11(9-7-10)31(22,28)29/h3-9,27H,2H2,1H3,(H,23,30)(H2,22,28,29). The van der Waals surface area contributed by atoms with E-state index < -0.39 is 27.6 Å². The minimum atomic E-state index is -4.62. The zero-order valence-electron chi connectivity index (χ0n) is 15.9. The van der Waals surface area contributed by atoms with Crippen molar-refractivity contribution in [1.29, 1.82) is 0 Å². The van der Waals surface area contributed by atoms with Crippen molar-refractivity contribution in [3.8, 4) is 5.88 Å². The topological polar surface area (TPSA) is 122 Å². The number of nitrogens with two attached hydrogens (primary N) is 1. The second-order valence-corrected chi connectivity index (χ2v) is 8.26. The molecule has 1 aromatic heterocycles. The summed E-state index contributed by atoms with van der Waals surface area (Å²) < 4.78 is 63.9. The molecule has 2 aromatic carbocycles. The third kappa shape index (κ3) is 4.68. The van der Waals surface area contributed by atoms with Gasteiger partial charge in [0.1, 0.15) is 0 Å². The molecule has 0 unspecified atom stereocenters. The Hall–Kier alpha value is -3.03. The van der Waals surface area contributed by atoms with E-state index in [4.69, 9.17) is 17.4 Å². The van der Waals surface area contributed by atoms with Crippen LogP contribution in [0, 0.1) is 0 Å². The van der Waals surface area contributed by atoms with Crippen molar-refractivity contribution in [3.63, 3.8) is 0 Å². The number of sulfonamides is 1. The van der Waals surface area contributed by atoms with E-state index in [1.165, 1.54) is 36.4 Å². The number of fused-ring (bicyclic) bond motifs is 1. The Labute approximate surface area is 180 Å². The molecule has 0 radical (unpaired) electrons. The smallest absolute Gasteiger partial charge is 0.418 e. The summed E-state index contributed by atoms with van der Waals surface area (Å²) in [5.41, 5.74) is -0.881. The maximum Gasteiger partial charge on any atom is 0.418 e. The van der Waals surface area contributed by atoms with Gasteiger partial charge in [-0.2, -0.15) is 13.2 Å². The number of thiocarbonyl (C=S) groups is 1. The molecule has 4 N–H and O–H groups in total. The van der Waals surface area contributed by atoms with Gasteiger partial charge in [-0.15, -0.1) is 10.2 Å². The third-order valence-corrected chi connectivity index (χ3v) is 5.44. The van der Waals surface area contributed by atoms with Crippen LogP contribution in [-0.2, 0) is 22.7 Å². The van der Waals surface area contributed by atoms with Crippen LogP contribution in [0.5, 0.6) is 5.88 Å². The highest BCUT2D eigenvalue weighted by Gasteiger charge is 2.35. The summed E-state index contributed by atoms with van der Waals surface area (Å²) in [7, 11) is -3.85. The maximum atomic E-state index is 13.4. The second-order valence-electron chi connectivity index (χ2n) is 6.32. The van der Waals surface area contributed by atoms with Crippen molar-refractivity contribution < 1.29 is 26.7 Å². The molecule has 164 valence electrons. The first-order valence-electron chi connectivity index (χ1n) is 8.70. The highest BCUT2D eigenvalue weighted by atomic mass is 32.2. The summed E-state index contributed by atoms with van der Waals surface area (Å²) in [6, 6.07) is 8.86. The van der Waals surface area contributed by atoms with E-state index in [0.717, 1.165) is 10.6 Å². The molecule has 0 bridgehead atoms. The number of aryl methyl sites for hydroxylation is 1. The Bertz CT molecular complexity index is 1280. The van der Waals surface area contributed by atoms with Crippen molar-refractivity contribution >= 4 is 49.6 Å². The number of aromatic nitrogens is 1. The van der Waals surface area contributed by atoms with Crippen LogP contribution in [0.25, 0.3) is 10.9 Å². The second kappa shape index (κ2) is 8.24. The molecule has 0 atom stereocenters. The third-order valence-electron chi connectivity index (χ3n) is 4.33. The number of primary sulfonamides is 1. The Morgan fingerprint density at radius 3 is 2.42 bits per heavy atom. The first kappa shape index (κ1) is 22.7. The molecule has 3 aromatic rings. The van der Waals surface area contributed by atoms with Crippen LogP contribution in [0.15, 0.2) is 57.6 Å². The number of benzene rings is 2. The van der Waals surface area contributed by atoms with E-state index in [-0.39, 0.29) is 33.1 Å². The lowest BCUT2D eigenvalue weighted by atomic mass is 10.1. The van der Waals surface area contributed by atoms with E-state index in [9.17, 15) is 26.7 Å². The lowest BCUT2D eigenvalue weighted by Crippen LogP contribution is -2.12. The molecule has 1 heterocycles. The number of halogens is 3. The van der Waals surface area contributed by atoms with Gasteiger partial charge in [0, 0.05) is 17.6 Å². The van der Waals surface area contributed by atoms with Crippen molar-refractivity contribution in [2.75, 3.05) is 5.32 Å². The minimum absolute atomic E-state index is 0.0678. The minimum Gasteiger partial charge on any atom is -0.493 e. The van der Waals surface area contributed by atoms with Gasteiger partial charge in [0.15, 0.2) is 5.69 Å². The van der Waals surface area contributed by atoms with Gasteiger partial charge in [-0.3, -0.25) is 0 Å². The molecule has 8 nitrogen and oxygen atoms in total. The molecule has 31 heavy (non-hydrogen) atoms. The average Bonchev–Trinajstić information content (AvgIpc) is 2.95. The van der Waals surface area contributed by atoms with Gasteiger partial charge in [-0.25, -0.2) is 13.6 Å². The molecule has 13 heteroatoms. The fourth-order valence-corrected chi connectivity index (χ4v) is 3.66. The summed E-state index contributed by atoms with van der Waals surface area (Å²) in [6.07, 6.45) is -4.62. The Morgan fingerprint density at radius 2 is 1.87 bits per heavy atom. The lowest BCUT2D eigenvalue weighted by Gasteiger charge is -2.10. The molecule has 0 amide bonds. The van der Waals surface area contributed by atoms with Crippen LogP contribution in [-0.4, -0.2) is 23.2 Å². The zero-order chi connectivity index (χ0) is 23.0. The summed E-state index contributed by atoms with van der Waals surface area (Å²) in [4.78, 5) is -0.0941. The van der Waals surface area contributed by atoms with Crippen molar-refractivity contribution in [3.05, 3.63) is 48.0 Å². The molecule has 0 spiro atoms. The fourth-order valence-electron chi connectivity index (χ4n) is 2.99. The van der Waals surface area contributed by atoms with Crippen LogP contribution in [0.1, 0.15) is 12.5 Å². The number of rotatable bonds is 4. The van der Waals surface area contributed by atoms with Gasteiger partial charge < -0.3 is 15.0 Å². The number of hydrogen-bond acceptors (Lipinski definition) is 5. The number of anilines is 1. The van der Waals surface area contributed by atoms with Crippen molar-refractivity contribution in [1.82, 2.24) is 4.57 Å². The SMILES string of the molecule is CCn1c(O)c(N=NC(=S)Nc2ccc(S(N)(=O)=O)cc2)c2cccc(C(F)(F)F)c21. The summed E-state index contributed by atoms with van der Waals surface area (Å²) >= 11 is 5.04. The van der Waals surface area contributed by atoms with Gasteiger partial charge in [-0.05, 0) is 49.5 Å². The van der Waals surface area contributed by atoms with E-state index in [2.05, 4.69) is 15.5 Å². The Morgan fingerprint density at radius 1 is 1.23 bits per heavy atom. The molecule has 0 fully saturated rings.